The summed E-state index contributed by atoms with van der Waals surface area (Å²) in [4.78, 5) is 0.330. The zero-order valence-corrected chi connectivity index (χ0v) is 12.8. The first-order valence-electron chi connectivity index (χ1n) is 6.52. The molecule has 2 N–H and O–H groups in total. The van der Waals surface area contributed by atoms with E-state index >= 15 is 0 Å². The predicted octanol–water partition coefficient (Wildman–Crippen LogP) is 1.00. The van der Waals surface area contributed by atoms with Gasteiger partial charge in [-0.15, -0.1) is 0 Å². The highest BCUT2D eigenvalue weighted by atomic mass is 32.2. The first kappa shape index (κ1) is 14.5. The molecule has 0 spiro atoms. The molecule has 0 atom stereocenters. The van der Waals surface area contributed by atoms with E-state index < -0.39 is 10.0 Å². The number of hydrogen-bond donors (Lipinski definition) is 2. The number of aromatic nitrogens is 2. The highest BCUT2D eigenvalue weighted by Gasteiger charge is 2.42. The van der Waals surface area contributed by atoms with Crippen molar-refractivity contribution in [2.45, 2.75) is 50.6 Å². The van der Waals surface area contributed by atoms with Gasteiger partial charge in [-0.05, 0) is 40.7 Å². The smallest absolute Gasteiger partial charge is 0.247 e. The van der Waals surface area contributed by atoms with Gasteiger partial charge >= 0.3 is 0 Å². The number of hydrogen-bond acceptors (Lipinski definition) is 4. The molecule has 0 aromatic carbocycles. The molecule has 1 aromatic heterocycles. The van der Waals surface area contributed by atoms with Crippen molar-refractivity contribution < 1.29 is 8.42 Å². The molecule has 1 fully saturated rings. The standard InChI is InChI=1S/C12H22N4O2S/c1-9-11(10(8-13-4)15-14-9)19(17,18)16-7-5-6-12(16,2)3/h13H,5-8H2,1-4H3,(H,14,15). The fourth-order valence-corrected chi connectivity index (χ4v) is 4.92. The Hall–Kier alpha value is -0.920. The molecule has 2 heterocycles. The van der Waals surface area contributed by atoms with Crippen LogP contribution < -0.4 is 5.32 Å². The lowest BCUT2D eigenvalue weighted by atomic mass is 10.0. The molecule has 0 aliphatic carbocycles. The zero-order chi connectivity index (χ0) is 14.3. The Kier molecular flexibility index (Phi) is 3.72. The molecule has 7 heteroatoms. The normalized spacial score (nSPS) is 20.0. The van der Waals surface area contributed by atoms with Crippen molar-refractivity contribution in [2.24, 2.45) is 0 Å². The van der Waals surface area contributed by atoms with Crippen LogP contribution in [0.1, 0.15) is 38.1 Å². The summed E-state index contributed by atoms with van der Waals surface area (Å²) in [5.41, 5.74) is 0.843. The van der Waals surface area contributed by atoms with Gasteiger partial charge in [0.15, 0.2) is 0 Å². The van der Waals surface area contributed by atoms with Crippen molar-refractivity contribution >= 4 is 10.0 Å². The molecule has 1 aliphatic rings. The maximum atomic E-state index is 12.9. The lowest BCUT2D eigenvalue weighted by molar-refractivity contribution is 0.291. The Morgan fingerprint density at radius 2 is 2.16 bits per heavy atom. The van der Waals surface area contributed by atoms with Crippen molar-refractivity contribution in [1.82, 2.24) is 19.8 Å². The van der Waals surface area contributed by atoms with Gasteiger partial charge in [0.05, 0.1) is 11.4 Å². The monoisotopic (exact) mass is 286 g/mol. The molecule has 2 rings (SSSR count). The van der Waals surface area contributed by atoms with Crippen molar-refractivity contribution in [3.05, 3.63) is 11.4 Å². The Balaban J connectivity index is 2.48. The number of sulfonamides is 1. The van der Waals surface area contributed by atoms with Crippen LogP contribution in [0.15, 0.2) is 4.90 Å². The van der Waals surface area contributed by atoms with Gasteiger partial charge in [0.1, 0.15) is 4.90 Å². The number of nitrogens with zero attached hydrogens (tertiary/aromatic N) is 2. The number of aryl methyl sites for hydroxylation is 1. The second kappa shape index (κ2) is 4.88. The Morgan fingerprint density at radius 3 is 2.68 bits per heavy atom. The molecule has 1 aliphatic heterocycles. The summed E-state index contributed by atoms with van der Waals surface area (Å²) < 4.78 is 27.3. The third-order valence-electron chi connectivity index (χ3n) is 3.68. The van der Waals surface area contributed by atoms with Crippen LogP contribution in [0.25, 0.3) is 0 Å². The maximum Gasteiger partial charge on any atom is 0.247 e. The Bertz CT molecular complexity index is 562. The molecule has 19 heavy (non-hydrogen) atoms. The quantitative estimate of drug-likeness (QED) is 0.865. The van der Waals surface area contributed by atoms with E-state index in [0.29, 0.717) is 29.4 Å². The fourth-order valence-electron chi connectivity index (χ4n) is 2.74. The summed E-state index contributed by atoms with van der Waals surface area (Å²) in [5, 5.41) is 9.84. The summed E-state index contributed by atoms with van der Waals surface area (Å²) in [6.07, 6.45) is 1.80. The molecule has 108 valence electrons. The molecule has 1 saturated heterocycles. The van der Waals surface area contributed by atoms with E-state index in [4.69, 9.17) is 0 Å². The molecule has 0 saturated carbocycles. The summed E-state index contributed by atoms with van der Waals surface area (Å²) in [6.45, 7) is 6.73. The molecule has 0 bridgehead atoms. The van der Waals surface area contributed by atoms with E-state index in [1.54, 1.807) is 18.3 Å². The molecule has 0 amide bonds. The minimum absolute atomic E-state index is 0.320. The van der Waals surface area contributed by atoms with Crippen molar-refractivity contribution in [1.29, 1.82) is 0 Å². The molecular weight excluding hydrogens is 264 g/mol. The summed E-state index contributed by atoms with van der Waals surface area (Å²) >= 11 is 0. The van der Waals surface area contributed by atoms with Crippen LogP contribution in [0.3, 0.4) is 0 Å². The molecule has 1 aromatic rings. The highest BCUT2D eigenvalue weighted by Crippen LogP contribution is 2.35. The minimum Gasteiger partial charge on any atom is -0.314 e. The van der Waals surface area contributed by atoms with Gasteiger partial charge in [0, 0.05) is 18.6 Å². The molecular formula is C12H22N4O2S. The third kappa shape index (κ3) is 2.42. The molecule has 6 nitrogen and oxygen atoms in total. The van der Waals surface area contributed by atoms with Crippen molar-refractivity contribution in [3.63, 3.8) is 0 Å². The van der Waals surface area contributed by atoms with Crippen LogP contribution in [-0.4, -0.2) is 42.1 Å². The van der Waals surface area contributed by atoms with E-state index in [2.05, 4.69) is 15.5 Å². The number of nitrogens with one attached hydrogen (secondary N) is 2. The van der Waals surface area contributed by atoms with Crippen molar-refractivity contribution in [2.75, 3.05) is 13.6 Å². The summed E-state index contributed by atoms with van der Waals surface area (Å²) in [5.74, 6) is 0. The number of aromatic amines is 1. The molecule has 0 unspecified atom stereocenters. The average molecular weight is 286 g/mol. The zero-order valence-electron chi connectivity index (χ0n) is 11.9. The SMILES string of the molecule is CNCc1n[nH]c(C)c1S(=O)(=O)N1CCCC1(C)C. The Morgan fingerprint density at radius 1 is 1.47 bits per heavy atom. The van der Waals surface area contributed by atoms with Gasteiger partial charge in [-0.25, -0.2) is 8.42 Å². The van der Waals surface area contributed by atoms with E-state index in [1.807, 2.05) is 13.8 Å². The third-order valence-corrected chi connectivity index (χ3v) is 5.99. The summed E-state index contributed by atoms with van der Waals surface area (Å²) in [7, 11) is -1.71. The average Bonchev–Trinajstić information content (AvgIpc) is 2.83. The van der Waals surface area contributed by atoms with Gasteiger partial charge in [0.25, 0.3) is 0 Å². The fraction of sp³-hybridized carbons (Fsp3) is 0.750. The topological polar surface area (TPSA) is 78.1 Å². The van der Waals surface area contributed by atoms with Crippen LogP contribution in [0.5, 0.6) is 0 Å². The lowest BCUT2D eigenvalue weighted by Crippen LogP contribution is -2.43. The van der Waals surface area contributed by atoms with E-state index in [1.165, 1.54) is 0 Å². The largest absolute Gasteiger partial charge is 0.314 e. The van der Waals surface area contributed by atoms with Gasteiger partial charge in [0.2, 0.25) is 10.0 Å². The van der Waals surface area contributed by atoms with Gasteiger partial charge < -0.3 is 5.32 Å². The van der Waals surface area contributed by atoms with Crippen molar-refractivity contribution in [3.8, 4) is 0 Å². The minimum atomic E-state index is -3.49. The first-order chi connectivity index (χ1) is 8.80. The second-order valence-electron chi connectivity index (χ2n) is 5.65. The second-order valence-corrected chi connectivity index (χ2v) is 7.45. The Labute approximate surface area is 114 Å². The van der Waals surface area contributed by atoms with Gasteiger partial charge in [-0.1, -0.05) is 0 Å². The highest BCUT2D eigenvalue weighted by molar-refractivity contribution is 7.89. The van der Waals surface area contributed by atoms with E-state index in [-0.39, 0.29) is 5.54 Å². The molecule has 0 radical (unpaired) electrons. The van der Waals surface area contributed by atoms with Crippen LogP contribution in [-0.2, 0) is 16.6 Å². The van der Waals surface area contributed by atoms with Crippen LogP contribution in [0, 0.1) is 6.92 Å². The first-order valence-corrected chi connectivity index (χ1v) is 7.96. The van der Waals surface area contributed by atoms with Gasteiger partial charge in [-0.3, -0.25) is 5.10 Å². The van der Waals surface area contributed by atoms with Crippen LogP contribution in [0.4, 0.5) is 0 Å². The number of rotatable bonds is 4. The maximum absolute atomic E-state index is 12.9. The number of H-pyrrole nitrogens is 1. The summed E-state index contributed by atoms with van der Waals surface area (Å²) in [6, 6.07) is 0. The lowest BCUT2D eigenvalue weighted by Gasteiger charge is -2.30. The predicted molar refractivity (Wildman–Crippen MR) is 73.3 cm³/mol. The van der Waals surface area contributed by atoms with Crippen LogP contribution in [0.2, 0.25) is 0 Å². The van der Waals surface area contributed by atoms with Crippen LogP contribution >= 0.6 is 0 Å². The van der Waals surface area contributed by atoms with E-state index in [0.717, 1.165) is 12.8 Å². The van der Waals surface area contributed by atoms with Gasteiger partial charge in [-0.2, -0.15) is 9.40 Å². The van der Waals surface area contributed by atoms with E-state index in [9.17, 15) is 8.42 Å².